The molecule has 2 aliphatic rings. The minimum Gasteiger partial charge on any atom is -0.338 e. The number of hydrogen-bond donors (Lipinski definition) is 1. The van der Waals surface area contributed by atoms with Gasteiger partial charge in [-0.1, -0.05) is 17.6 Å². The molecule has 2 fully saturated rings. The zero-order valence-corrected chi connectivity index (χ0v) is 12.8. The number of fused-ring (bicyclic) bond motifs is 1. The number of thiophene rings is 1. The largest absolute Gasteiger partial charge is 0.338 e. The predicted octanol–water partition coefficient (Wildman–Crippen LogP) is 2.36. The highest BCUT2D eigenvalue weighted by Crippen LogP contribution is 2.36. The van der Waals surface area contributed by atoms with Gasteiger partial charge in [0.25, 0.3) is 0 Å². The lowest BCUT2D eigenvalue weighted by molar-refractivity contribution is 0.252. The Hall–Kier alpha value is -1.24. The first-order valence-corrected chi connectivity index (χ1v) is 8.52. The van der Waals surface area contributed by atoms with Crippen molar-refractivity contribution in [2.75, 3.05) is 13.1 Å². The van der Waals surface area contributed by atoms with Gasteiger partial charge < -0.3 is 10.3 Å². The molecule has 1 aliphatic carbocycles. The van der Waals surface area contributed by atoms with Gasteiger partial charge in [0, 0.05) is 19.1 Å². The number of nitrogens with zero attached hydrogens (tertiary/aromatic N) is 3. The van der Waals surface area contributed by atoms with Crippen molar-refractivity contribution < 1.29 is 4.52 Å². The summed E-state index contributed by atoms with van der Waals surface area (Å²) < 4.78 is 5.40. The van der Waals surface area contributed by atoms with Crippen molar-refractivity contribution in [3.63, 3.8) is 0 Å². The van der Waals surface area contributed by atoms with Crippen LogP contribution in [0.1, 0.15) is 25.2 Å². The highest BCUT2D eigenvalue weighted by Gasteiger charge is 2.38. The first-order valence-electron chi connectivity index (χ1n) is 7.64. The Bertz CT molecular complexity index is 597. The van der Waals surface area contributed by atoms with Crippen molar-refractivity contribution in [1.29, 1.82) is 0 Å². The molecule has 2 aromatic rings. The topological polar surface area (TPSA) is 68.2 Å². The molecule has 0 radical (unpaired) electrons. The van der Waals surface area contributed by atoms with Gasteiger partial charge in [0.05, 0.1) is 11.4 Å². The molecule has 0 amide bonds. The summed E-state index contributed by atoms with van der Waals surface area (Å²) in [5, 5.41) is 6.11. The summed E-state index contributed by atoms with van der Waals surface area (Å²) >= 11 is 1.63. The fourth-order valence-electron chi connectivity index (χ4n) is 3.75. The Balaban J connectivity index is 1.43. The first kappa shape index (κ1) is 13.4. The summed E-state index contributed by atoms with van der Waals surface area (Å²) in [4.78, 5) is 7.99. The van der Waals surface area contributed by atoms with Crippen LogP contribution in [-0.2, 0) is 6.54 Å². The van der Waals surface area contributed by atoms with Crippen LogP contribution >= 0.6 is 11.3 Å². The number of hydrogen-bond acceptors (Lipinski definition) is 6. The Morgan fingerprint density at radius 1 is 1.38 bits per heavy atom. The summed E-state index contributed by atoms with van der Waals surface area (Å²) in [5.41, 5.74) is 6.27. The van der Waals surface area contributed by atoms with Crippen LogP contribution in [0.2, 0.25) is 0 Å². The van der Waals surface area contributed by atoms with Gasteiger partial charge >= 0.3 is 0 Å². The van der Waals surface area contributed by atoms with E-state index in [1.54, 1.807) is 11.3 Å². The van der Waals surface area contributed by atoms with Crippen molar-refractivity contribution in [1.82, 2.24) is 15.0 Å². The molecule has 3 atom stereocenters. The second-order valence-corrected chi connectivity index (χ2v) is 7.15. The SMILES string of the molecule is NC1CCCC2CN(Cc3nc(-c4cccs4)no3)CC12. The normalized spacial score (nSPS) is 29.7. The Morgan fingerprint density at radius 2 is 2.33 bits per heavy atom. The molecule has 0 bridgehead atoms. The van der Waals surface area contributed by atoms with Crippen LogP contribution < -0.4 is 5.73 Å². The minimum atomic E-state index is 0.373. The van der Waals surface area contributed by atoms with Gasteiger partial charge in [0.2, 0.25) is 11.7 Å². The van der Waals surface area contributed by atoms with Gasteiger partial charge in [0.15, 0.2) is 0 Å². The van der Waals surface area contributed by atoms with E-state index in [2.05, 4.69) is 15.0 Å². The maximum Gasteiger partial charge on any atom is 0.241 e. The maximum absolute atomic E-state index is 6.27. The molecule has 1 saturated carbocycles. The Kier molecular flexibility index (Phi) is 3.52. The van der Waals surface area contributed by atoms with Gasteiger partial charge in [0.1, 0.15) is 0 Å². The average molecular weight is 304 g/mol. The van der Waals surface area contributed by atoms with Gasteiger partial charge in [-0.2, -0.15) is 4.98 Å². The van der Waals surface area contributed by atoms with E-state index in [0.717, 1.165) is 30.4 Å². The smallest absolute Gasteiger partial charge is 0.241 e. The van der Waals surface area contributed by atoms with Gasteiger partial charge in [-0.05, 0) is 36.1 Å². The van der Waals surface area contributed by atoms with E-state index >= 15 is 0 Å². The molecular weight excluding hydrogens is 284 g/mol. The van der Waals surface area contributed by atoms with Crippen LogP contribution in [0.25, 0.3) is 10.7 Å². The highest BCUT2D eigenvalue weighted by atomic mass is 32.1. The quantitative estimate of drug-likeness (QED) is 0.942. The maximum atomic E-state index is 6.27. The molecule has 3 unspecified atom stereocenters. The standard InChI is InChI=1S/C15H20N4OS/c16-12-4-1-3-10-7-19(8-11(10)12)9-14-17-15(18-20-14)13-5-2-6-21-13/h2,5-6,10-12H,1,3-4,7-9,16H2. The third kappa shape index (κ3) is 2.63. The number of aromatic nitrogens is 2. The third-order valence-corrected chi connectivity index (χ3v) is 5.66. The van der Waals surface area contributed by atoms with E-state index in [0.29, 0.717) is 23.7 Å². The van der Waals surface area contributed by atoms with Crippen LogP contribution in [0.5, 0.6) is 0 Å². The van der Waals surface area contributed by atoms with Gasteiger partial charge in [-0.25, -0.2) is 0 Å². The summed E-state index contributed by atoms with van der Waals surface area (Å²) in [6.45, 7) is 2.94. The molecule has 2 aromatic heterocycles. The summed E-state index contributed by atoms with van der Waals surface area (Å²) in [6.07, 6.45) is 3.77. The first-order chi connectivity index (χ1) is 10.3. The summed E-state index contributed by atoms with van der Waals surface area (Å²) in [6, 6.07) is 4.39. The van der Waals surface area contributed by atoms with Crippen molar-refractivity contribution in [3.05, 3.63) is 23.4 Å². The van der Waals surface area contributed by atoms with E-state index < -0.39 is 0 Å². The fourth-order valence-corrected chi connectivity index (χ4v) is 4.40. The summed E-state index contributed by atoms with van der Waals surface area (Å²) in [7, 11) is 0. The van der Waals surface area contributed by atoms with Crippen molar-refractivity contribution in [2.24, 2.45) is 17.6 Å². The Labute approximate surface area is 128 Å². The van der Waals surface area contributed by atoms with Crippen LogP contribution in [0.3, 0.4) is 0 Å². The molecule has 2 N–H and O–H groups in total. The van der Waals surface area contributed by atoms with Crippen molar-refractivity contribution >= 4 is 11.3 Å². The molecule has 21 heavy (non-hydrogen) atoms. The van der Waals surface area contributed by atoms with Crippen molar-refractivity contribution in [3.8, 4) is 10.7 Å². The third-order valence-electron chi connectivity index (χ3n) is 4.80. The van der Waals surface area contributed by atoms with E-state index in [1.165, 1.54) is 19.3 Å². The molecule has 3 heterocycles. The van der Waals surface area contributed by atoms with Gasteiger partial charge in [-0.15, -0.1) is 11.3 Å². The molecular formula is C15H20N4OS. The molecule has 5 nitrogen and oxygen atoms in total. The highest BCUT2D eigenvalue weighted by molar-refractivity contribution is 7.13. The lowest BCUT2D eigenvalue weighted by atomic mass is 9.78. The van der Waals surface area contributed by atoms with Crippen LogP contribution in [-0.4, -0.2) is 34.2 Å². The molecule has 1 saturated heterocycles. The minimum absolute atomic E-state index is 0.373. The molecule has 6 heteroatoms. The van der Waals surface area contributed by atoms with E-state index in [9.17, 15) is 0 Å². The molecule has 112 valence electrons. The zero-order valence-electron chi connectivity index (χ0n) is 11.9. The number of likely N-dealkylation sites (tertiary alicyclic amines) is 1. The molecule has 4 rings (SSSR count). The number of nitrogens with two attached hydrogens (primary N) is 1. The van der Waals surface area contributed by atoms with Gasteiger partial charge in [-0.3, -0.25) is 4.90 Å². The second kappa shape index (κ2) is 5.51. The lowest BCUT2D eigenvalue weighted by Crippen LogP contribution is -2.38. The molecule has 0 spiro atoms. The van der Waals surface area contributed by atoms with E-state index in [1.807, 2.05) is 17.5 Å². The van der Waals surface area contributed by atoms with E-state index in [4.69, 9.17) is 10.3 Å². The second-order valence-electron chi connectivity index (χ2n) is 6.20. The lowest BCUT2D eigenvalue weighted by Gasteiger charge is -2.29. The predicted molar refractivity (Wildman–Crippen MR) is 81.7 cm³/mol. The Morgan fingerprint density at radius 3 is 3.14 bits per heavy atom. The van der Waals surface area contributed by atoms with Crippen LogP contribution in [0.15, 0.2) is 22.0 Å². The molecule has 0 aromatic carbocycles. The summed E-state index contributed by atoms with van der Waals surface area (Å²) in [5.74, 6) is 2.82. The van der Waals surface area contributed by atoms with E-state index in [-0.39, 0.29) is 0 Å². The monoisotopic (exact) mass is 304 g/mol. The average Bonchev–Trinajstić information content (AvgIpc) is 3.18. The fraction of sp³-hybridized carbons (Fsp3) is 0.600. The number of rotatable bonds is 3. The van der Waals surface area contributed by atoms with Crippen LogP contribution in [0.4, 0.5) is 0 Å². The zero-order chi connectivity index (χ0) is 14.2. The van der Waals surface area contributed by atoms with Crippen molar-refractivity contribution in [2.45, 2.75) is 31.8 Å². The molecule has 1 aliphatic heterocycles. The van der Waals surface area contributed by atoms with Crippen LogP contribution in [0, 0.1) is 11.8 Å².